The first-order valence-corrected chi connectivity index (χ1v) is 7.15. The summed E-state index contributed by atoms with van der Waals surface area (Å²) in [5.41, 5.74) is 1.96. The van der Waals surface area contributed by atoms with E-state index in [2.05, 4.69) is 19.6 Å². The molecule has 4 nitrogen and oxygen atoms in total. The Balaban J connectivity index is 1.79. The predicted octanol–water partition coefficient (Wildman–Crippen LogP) is 4.11. The molecule has 3 aromatic heterocycles. The van der Waals surface area contributed by atoms with Gasteiger partial charge in [0.2, 0.25) is 5.82 Å². The molecule has 0 fully saturated rings. The SMILES string of the molecule is Cc1ccc(Cc2ccc(-c3noc(C(F)(F)F)n3)s2)nc1. The molecular formula is C14H10F3N3OS. The number of pyridine rings is 1. The van der Waals surface area contributed by atoms with Crippen molar-refractivity contribution in [3.63, 3.8) is 0 Å². The summed E-state index contributed by atoms with van der Waals surface area (Å²) in [5, 5.41) is 3.37. The Bertz CT molecular complexity index is 777. The minimum atomic E-state index is -4.63. The molecule has 0 saturated heterocycles. The van der Waals surface area contributed by atoms with Crippen LogP contribution in [0.3, 0.4) is 0 Å². The van der Waals surface area contributed by atoms with Crippen molar-refractivity contribution in [2.75, 3.05) is 0 Å². The Labute approximate surface area is 127 Å². The molecule has 3 rings (SSSR count). The normalized spacial score (nSPS) is 11.8. The van der Waals surface area contributed by atoms with E-state index in [9.17, 15) is 13.2 Å². The molecule has 0 bridgehead atoms. The molecule has 8 heteroatoms. The third kappa shape index (κ3) is 3.16. The van der Waals surface area contributed by atoms with E-state index in [1.807, 2.05) is 25.1 Å². The lowest BCUT2D eigenvalue weighted by molar-refractivity contribution is -0.159. The molecule has 22 heavy (non-hydrogen) atoms. The van der Waals surface area contributed by atoms with E-state index in [1.54, 1.807) is 12.3 Å². The van der Waals surface area contributed by atoms with Crippen molar-refractivity contribution in [1.82, 2.24) is 15.1 Å². The van der Waals surface area contributed by atoms with Gasteiger partial charge in [0.05, 0.1) is 4.88 Å². The lowest BCUT2D eigenvalue weighted by atomic mass is 10.2. The van der Waals surface area contributed by atoms with E-state index in [1.165, 1.54) is 11.3 Å². The third-order valence-electron chi connectivity index (χ3n) is 2.88. The van der Waals surface area contributed by atoms with Crippen molar-refractivity contribution >= 4 is 11.3 Å². The average Bonchev–Trinajstić information content (AvgIpc) is 3.09. The van der Waals surface area contributed by atoms with Crippen molar-refractivity contribution in [1.29, 1.82) is 0 Å². The first kappa shape index (κ1) is 14.7. The zero-order valence-electron chi connectivity index (χ0n) is 11.4. The highest BCUT2D eigenvalue weighted by Gasteiger charge is 2.38. The van der Waals surface area contributed by atoms with Crippen LogP contribution in [0.15, 0.2) is 35.0 Å². The number of thiophene rings is 1. The molecule has 0 unspecified atom stereocenters. The van der Waals surface area contributed by atoms with Crippen molar-refractivity contribution in [2.45, 2.75) is 19.5 Å². The fourth-order valence-corrected chi connectivity index (χ4v) is 2.76. The summed E-state index contributed by atoms with van der Waals surface area (Å²) in [4.78, 5) is 9.17. The Morgan fingerprint density at radius 2 is 2.00 bits per heavy atom. The second kappa shape index (κ2) is 5.53. The molecule has 0 radical (unpaired) electrons. The standard InChI is InChI=1S/C14H10F3N3OS/c1-8-2-3-9(18-7-8)6-10-4-5-11(22-10)12-19-13(21-20-12)14(15,16)17/h2-5,7H,6H2,1H3. The van der Waals surface area contributed by atoms with E-state index in [0.29, 0.717) is 11.3 Å². The van der Waals surface area contributed by atoms with E-state index in [4.69, 9.17) is 0 Å². The van der Waals surface area contributed by atoms with E-state index in [-0.39, 0.29) is 5.82 Å². The highest BCUT2D eigenvalue weighted by molar-refractivity contribution is 7.15. The summed E-state index contributed by atoms with van der Waals surface area (Å²) in [6, 6.07) is 7.39. The number of nitrogens with zero attached hydrogens (tertiary/aromatic N) is 3. The molecule has 0 N–H and O–H groups in total. The Morgan fingerprint density at radius 3 is 2.64 bits per heavy atom. The second-order valence-corrected chi connectivity index (χ2v) is 5.86. The maximum Gasteiger partial charge on any atom is 0.471 e. The smallest absolute Gasteiger partial charge is 0.329 e. The molecule has 0 amide bonds. The number of hydrogen-bond acceptors (Lipinski definition) is 5. The zero-order valence-corrected chi connectivity index (χ0v) is 12.2. The van der Waals surface area contributed by atoms with Gasteiger partial charge in [-0.3, -0.25) is 4.98 Å². The molecule has 0 aromatic carbocycles. The monoisotopic (exact) mass is 325 g/mol. The van der Waals surface area contributed by atoms with Crippen LogP contribution in [0.1, 0.15) is 22.0 Å². The molecule has 0 spiro atoms. The zero-order chi connectivity index (χ0) is 15.7. The van der Waals surface area contributed by atoms with Crippen molar-refractivity contribution in [2.24, 2.45) is 0 Å². The van der Waals surface area contributed by atoms with Crippen LogP contribution < -0.4 is 0 Å². The quantitative estimate of drug-likeness (QED) is 0.727. The highest BCUT2D eigenvalue weighted by Crippen LogP contribution is 2.32. The number of halogens is 3. The Morgan fingerprint density at radius 1 is 1.18 bits per heavy atom. The van der Waals surface area contributed by atoms with Gasteiger partial charge in [0.1, 0.15) is 0 Å². The van der Waals surface area contributed by atoms with E-state index in [0.717, 1.165) is 16.1 Å². The largest absolute Gasteiger partial charge is 0.471 e. The molecule has 0 aliphatic rings. The van der Waals surface area contributed by atoms with Gasteiger partial charge in [-0.2, -0.15) is 18.2 Å². The number of hydrogen-bond donors (Lipinski definition) is 0. The molecule has 0 saturated carbocycles. The van der Waals surface area contributed by atoms with Gasteiger partial charge < -0.3 is 4.52 Å². The van der Waals surface area contributed by atoms with Gasteiger partial charge in [-0.25, -0.2) is 0 Å². The number of rotatable bonds is 3. The van der Waals surface area contributed by atoms with Crippen LogP contribution in [0.2, 0.25) is 0 Å². The molecule has 0 atom stereocenters. The fourth-order valence-electron chi connectivity index (χ4n) is 1.81. The minimum Gasteiger partial charge on any atom is -0.329 e. The maximum atomic E-state index is 12.4. The molecular weight excluding hydrogens is 315 g/mol. The summed E-state index contributed by atoms with van der Waals surface area (Å²) in [7, 11) is 0. The summed E-state index contributed by atoms with van der Waals surface area (Å²) in [6.45, 7) is 1.95. The maximum absolute atomic E-state index is 12.4. The second-order valence-electron chi connectivity index (χ2n) is 4.69. The molecule has 3 aromatic rings. The topological polar surface area (TPSA) is 51.8 Å². The summed E-state index contributed by atoms with van der Waals surface area (Å²) >= 11 is 1.32. The van der Waals surface area contributed by atoms with Gasteiger partial charge in [-0.15, -0.1) is 11.3 Å². The molecule has 0 aliphatic heterocycles. The lowest BCUT2D eigenvalue weighted by Crippen LogP contribution is -2.04. The van der Waals surface area contributed by atoms with Crippen LogP contribution in [0.5, 0.6) is 0 Å². The van der Waals surface area contributed by atoms with Gasteiger partial charge in [0.25, 0.3) is 0 Å². The van der Waals surface area contributed by atoms with Crippen LogP contribution in [0.25, 0.3) is 10.7 Å². The van der Waals surface area contributed by atoms with Crippen LogP contribution in [-0.2, 0) is 12.6 Å². The van der Waals surface area contributed by atoms with Crippen LogP contribution >= 0.6 is 11.3 Å². The average molecular weight is 325 g/mol. The number of aryl methyl sites for hydroxylation is 1. The third-order valence-corrected chi connectivity index (χ3v) is 3.96. The fraction of sp³-hybridized carbons (Fsp3) is 0.214. The van der Waals surface area contributed by atoms with Crippen LogP contribution in [0, 0.1) is 6.92 Å². The minimum absolute atomic E-state index is 0.0551. The predicted molar refractivity (Wildman–Crippen MR) is 74.4 cm³/mol. The number of aromatic nitrogens is 3. The Kier molecular flexibility index (Phi) is 3.69. The lowest BCUT2D eigenvalue weighted by Gasteiger charge is -1.98. The Hall–Kier alpha value is -2.22. The van der Waals surface area contributed by atoms with Gasteiger partial charge >= 0.3 is 12.1 Å². The highest BCUT2D eigenvalue weighted by atomic mass is 32.1. The van der Waals surface area contributed by atoms with Gasteiger partial charge in [0.15, 0.2) is 0 Å². The van der Waals surface area contributed by atoms with E-state index >= 15 is 0 Å². The van der Waals surface area contributed by atoms with Crippen molar-refractivity contribution < 1.29 is 17.7 Å². The van der Waals surface area contributed by atoms with Crippen molar-refractivity contribution in [3.8, 4) is 10.7 Å². The van der Waals surface area contributed by atoms with Crippen LogP contribution in [-0.4, -0.2) is 15.1 Å². The molecule has 3 heterocycles. The summed E-state index contributed by atoms with van der Waals surface area (Å²) < 4.78 is 41.6. The van der Waals surface area contributed by atoms with E-state index < -0.39 is 12.1 Å². The molecule has 114 valence electrons. The summed E-state index contributed by atoms with van der Waals surface area (Å²) in [5.74, 6) is -1.39. The van der Waals surface area contributed by atoms with Crippen LogP contribution in [0.4, 0.5) is 13.2 Å². The first-order chi connectivity index (χ1) is 10.4. The summed E-state index contributed by atoms with van der Waals surface area (Å²) in [6.07, 6.45) is -2.25. The number of alkyl halides is 3. The first-order valence-electron chi connectivity index (χ1n) is 6.33. The van der Waals surface area contributed by atoms with Gasteiger partial charge in [-0.05, 0) is 30.7 Å². The van der Waals surface area contributed by atoms with Gasteiger partial charge in [0, 0.05) is 23.2 Å². The van der Waals surface area contributed by atoms with Crippen molar-refractivity contribution in [3.05, 3.63) is 52.5 Å². The van der Waals surface area contributed by atoms with Gasteiger partial charge in [-0.1, -0.05) is 11.2 Å². The molecule has 0 aliphatic carbocycles.